The van der Waals surface area contributed by atoms with Gasteiger partial charge in [0.1, 0.15) is 18.4 Å². The van der Waals surface area contributed by atoms with Crippen molar-refractivity contribution in [3.05, 3.63) is 72.3 Å². The van der Waals surface area contributed by atoms with Crippen molar-refractivity contribution >= 4 is 5.91 Å². The minimum atomic E-state index is -2.93. The molecule has 1 heterocycles. The molecule has 0 fully saturated rings. The Morgan fingerprint density at radius 2 is 1.93 bits per heavy atom. The van der Waals surface area contributed by atoms with Crippen molar-refractivity contribution in [3.63, 3.8) is 0 Å². The average Bonchev–Trinajstić information content (AvgIpc) is 3.21. The number of halogens is 2. The Morgan fingerprint density at radius 3 is 2.56 bits per heavy atom. The van der Waals surface area contributed by atoms with Crippen molar-refractivity contribution in [2.75, 3.05) is 7.05 Å². The topological polar surface area (TPSA) is 60.2 Å². The number of alkyl halides is 2. The standard InChI is InChI=1S/C19H18F2N4O2/c1-13(14-6-8-16(9-7-14)25-12-22-11-23-25)24(2)18(26)15-4-3-5-17(10-15)27-19(20)21/h3-13,19H,1-2H3. The normalized spacial score (nSPS) is 12.0. The van der Waals surface area contributed by atoms with E-state index in [1.807, 2.05) is 31.2 Å². The number of carbonyl (C=O) groups is 1. The minimum absolute atomic E-state index is 0.0471. The van der Waals surface area contributed by atoms with Crippen LogP contribution in [0, 0.1) is 0 Å². The van der Waals surface area contributed by atoms with Crippen LogP contribution in [-0.2, 0) is 0 Å². The number of carbonyl (C=O) groups excluding carboxylic acids is 1. The first-order valence-corrected chi connectivity index (χ1v) is 8.22. The van der Waals surface area contributed by atoms with Gasteiger partial charge in [0.25, 0.3) is 5.91 Å². The maximum Gasteiger partial charge on any atom is 0.387 e. The fourth-order valence-corrected chi connectivity index (χ4v) is 2.66. The molecule has 1 unspecified atom stereocenters. The molecule has 140 valence electrons. The van der Waals surface area contributed by atoms with Gasteiger partial charge in [0, 0.05) is 12.6 Å². The smallest absolute Gasteiger partial charge is 0.387 e. The minimum Gasteiger partial charge on any atom is -0.435 e. The molecule has 1 amide bonds. The lowest BCUT2D eigenvalue weighted by molar-refractivity contribution is -0.0499. The lowest BCUT2D eigenvalue weighted by Gasteiger charge is -2.25. The Balaban J connectivity index is 1.74. The third-order valence-corrected chi connectivity index (χ3v) is 4.27. The van der Waals surface area contributed by atoms with Gasteiger partial charge >= 0.3 is 6.61 Å². The van der Waals surface area contributed by atoms with Crippen molar-refractivity contribution in [2.45, 2.75) is 19.6 Å². The van der Waals surface area contributed by atoms with E-state index in [9.17, 15) is 13.6 Å². The van der Waals surface area contributed by atoms with Crippen molar-refractivity contribution in [2.24, 2.45) is 0 Å². The number of nitrogens with zero attached hydrogens (tertiary/aromatic N) is 4. The highest BCUT2D eigenvalue weighted by molar-refractivity contribution is 5.94. The molecule has 3 aromatic rings. The molecule has 0 bridgehead atoms. The quantitative estimate of drug-likeness (QED) is 0.662. The Kier molecular flexibility index (Phi) is 5.44. The molecule has 0 spiro atoms. The van der Waals surface area contributed by atoms with Crippen LogP contribution >= 0.6 is 0 Å². The predicted molar refractivity (Wildman–Crippen MR) is 94.9 cm³/mol. The lowest BCUT2D eigenvalue weighted by atomic mass is 10.1. The molecule has 1 aromatic heterocycles. The van der Waals surface area contributed by atoms with Crippen LogP contribution in [0.4, 0.5) is 8.78 Å². The fourth-order valence-electron chi connectivity index (χ4n) is 2.66. The molecule has 8 heteroatoms. The van der Waals surface area contributed by atoms with E-state index >= 15 is 0 Å². The van der Waals surface area contributed by atoms with Crippen LogP contribution in [0.2, 0.25) is 0 Å². The van der Waals surface area contributed by atoms with Gasteiger partial charge in [0.05, 0.1) is 11.7 Å². The summed E-state index contributed by atoms with van der Waals surface area (Å²) in [4.78, 5) is 18.2. The van der Waals surface area contributed by atoms with Crippen LogP contribution in [0.5, 0.6) is 5.75 Å². The number of hydrogen-bond donors (Lipinski definition) is 0. The molecule has 0 radical (unpaired) electrons. The molecule has 0 aliphatic carbocycles. The van der Waals surface area contributed by atoms with Gasteiger partial charge in [0.15, 0.2) is 0 Å². The van der Waals surface area contributed by atoms with Crippen LogP contribution in [0.3, 0.4) is 0 Å². The third kappa shape index (κ3) is 4.28. The molecule has 0 saturated heterocycles. The third-order valence-electron chi connectivity index (χ3n) is 4.27. The Labute approximate surface area is 155 Å². The van der Waals surface area contributed by atoms with E-state index in [0.717, 1.165) is 11.3 Å². The maximum absolute atomic E-state index is 12.7. The zero-order valence-electron chi connectivity index (χ0n) is 14.8. The summed E-state index contributed by atoms with van der Waals surface area (Å²) in [7, 11) is 1.67. The molecule has 0 N–H and O–H groups in total. The number of benzene rings is 2. The van der Waals surface area contributed by atoms with Crippen LogP contribution < -0.4 is 4.74 Å². The van der Waals surface area contributed by atoms with E-state index in [0.29, 0.717) is 0 Å². The molecule has 3 rings (SSSR count). The second-order valence-electron chi connectivity index (χ2n) is 5.93. The summed E-state index contributed by atoms with van der Waals surface area (Å²) >= 11 is 0. The summed E-state index contributed by atoms with van der Waals surface area (Å²) in [5.41, 5.74) is 2.06. The zero-order chi connectivity index (χ0) is 19.4. The Hall–Kier alpha value is -3.29. The van der Waals surface area contributed by atoms with Gasteiger partial charge in [0.2, 0.25) is 0 Å². The Bertz CT molecular complexity index is 898. The molecule has 1 atom stereocenters. The van der Waals surface area contributed by atoms with Gasteiger partial charge in [-0.05, 0) is 42.8 Å². The molecule has 0 aliphatic heterocycles. The zero-order valence-corrected chi connectivity index (χ0v) is 14.8. The van der Waals surface area contributed by atoms with Gasteiger partial charge in [-0.25, -0.2) is 9.67 Å². The van der Waals surface area contributed by atoms with Crippen molar-refractivity contribution in [1.82, 2.24) is 19.7 Å². The summed E-state index contributed by atoms with van der Waals surface area (Å²) < 4.78 is 30.7. The van der Waals surface area contributed by atoms with Gasteiger partial charge in [-0.15, -0.1) is 0 Å². The summed E-state index contributed by atoms with van der Waals surface area (Å²) in [5, 5.41) is 4.07. The largest absolute Gasteiger partial charge is 0.435 e. The SMILES string of the molecule is CC(c1ccc(-n2cncn2)cc1)N(C)C(=O)c1cccc(OC(F)F)c1. The molecule has 2 aromatic carbocycles. The highest BCUT2D eigenvalue weighted by Gasteiger charge is 2.20. The second-order valence-corrected chi connectivity index (χ2v) is 5.93. The molecule has 0 aliphatic rings. The first kappa shape index (κ1) is 18.5. The highest BCUT2D eigenvalue weighted by Crippen LogP contribution is 2.23. The van der Waals surface area contributed by atoms with E-state index in [1.165, 1.54) is 24.5 Å². The van der Waals surface area contributed by atoms with Crippen LogP contribution in [0.25, 0.3) is 5.69 Å². The molecule has 27 heavy (non-hydrogen) atoms. The van der Waals surface area contributed by atoms with E-state index < -0.39 is 6.61 Å². The van der Waals surface area contributed by atoms with Gasteiger partial charge in [-0.3, -0.25) is 4.79 Å². The second kappa shape index (κ2) is 7.94. The average molecular weight is 372 g/mol. The molecular weight excluding hydrogens is 354 g/mol. The van der Waals surface area contributed by atoms with Crippen molar-refractivity contribution in [1.29, 1.82) is 0 Å². The molecule has 6 nitrogen and oxygen atoms in total. The number of amides is 1. The molecular formula is C19H18F2N4O2. The van der Waals surface area contributed by atoms with E-state index in [1.54, 1.807) is 29.0 Å². The first-order chi connectivity index (χ1) is 13.0. The van der Waals surface area contributed by atoms with E-state index in [4.69, 9.17) is 0 Å². The monoisotopic (exact) mass is 372 g/mol. The van der Waals surface area contributed by atoms with Crippen LogP contribution in [-0.4, -0.2) is 39.2 Å². The van der Waals surface area contributed by atoms with Crippen molar-refractivity contribution in [3.8, 4) is 11.4 Å². The van der Waals surface area contributed by atoms with E-state index in [-0.39, 0.29) is 23.3 Å². The Morgan fingerprint density at radius 1 is 1.19 bits per heavy atom. The lowest BCUT2D eigenvalue weighted by Crippen LogP contribution is -2.29. The van der Waals surface area contributed by atoms with Crippen LogP contribution in [0.1, 0.15) is 28.9 Å². The fraction of sp³-hybridized carbons (Fsp3) is 0.211. The summed E-state index contributed by atoms with van der Waals surface area (Å²) in [6.45, 7) is -1.04. The molecule has 0 saturated carbocycles. The number of aromatic nitrogens is 3. The highest BCUT2D eigenvalue weighted by atomic mass is 19.3. The van der Waals surface area contributed by atoms with Gasteiger partial charge in [-0.1, -0.05) is 18.2 Å². The van der Waals surface area contributed by atoms with Crippen LogP contribution in [0.15, 0.2) is 61.2 Å². The first-order valence-electron chi connectivity index (χ1n) is 8.22. The van der Waals surface area contributed by atoms with Crippen molar-refractivity contribution < 1.29 is 18.3 Å². The maximum atomic E-state index is 12.7. The number of rotatable bonds is 6. The predicted octanol–water partition coefficient (Wildman–Crippen LogP) is 3.70. The number of ether oxygens (including phenoxy) is 1. The van der Waals surface area contributed by atoms with E-state index in [2.05, 4.69) is 14.8 Å². The summed E-state index contributed by atoms with van der Waals surface area (Å²) in [5.74, 6) is -0.336. The summed E-state index contributed by atoms with van der Waals surface area (Å²) in [6.07, 6.45) is 3.05. The number of hydrogen-bond acceptors (Lipinski definition) is 4. The van der Waals surface area contributed by atoms with Gasteiger partial charge in [-0.2, -0.15) is 13.9 Å². The summed E-state index contributed by atoms with van der Waals surface area (Å²) in [6, 6.07) is 13.1. The van der Waals surface area contributed by atoms with Gasteiger partial charge < -0.3 is 9.64 Å².